The van der Waals surface area contributed by atoms with E-state index in [4.69, 9.17) is 0 Å². The molecule has 0 fully saturated rings. The molecule has 1 rings (SSSR count). The molecule has 4 nitrogen and oxygen atoms in total. The van der Waals surface area contributed by atoms with Crippen molar-refractivity contribution in [2.45, 2.75) is 27.2 Å². The number of carbonyl (C=O) groups is 1. The highest BCUT2D eigenvalue weighted by Gasteiger charge is 2.17. The van der Waals surface area contributed by atoms with Crippen LogP contribution in [0.3, 0.4) is 0 Å². The molecule has 0 spiro atoms. The van der Waals surface area contributed by atoms with E-state index in [1.54, 1.807) is 6.20 Å². The summed E-state index contributed by atoms with van der Waals surface area (Å²) in [6, 6.07) is 1.90. The quantitative estimate of drug-likeness (QED) is 0.851. The van der Waals surface area contributed by atoms with Crippen molar-refractivity contribution >= 4 is 11.6 Å². The molecule has 1 heterocycles. The van der Waals surface area contributed by atoms with Gasteiger partial charge >= 0.3 is 0 Å². The summed E-state index contributed by atoms with van der Waals surface area (Å²) in [6.45, 7) is 7.49. The predicted octanol–water partition coefficient (Wildman–Crippen LogP) is 2.30. The lowest BCUT2D eigenvalue weighted by atomic mass is 10.1. The van der Waals surface area contributed by atoms with Crippen LogP contribution in [0.15, 0.2) is 12.3 Å². The van der Waals surface area contributed by atoms with Crippen LogP contribution in [-0.4, -0.2) is 35.9 Å². The first kappa shape index (κ1) is 13.5. The van der Waals surface area contributed by atoms with Crippen LogP contribution in [0, 0.1) is 6.92 Å². The third-order valence-electron chi connectivity index (χ3n) is 2.70. The van der Waals surface area contributed by atoms with Crippen LogP contribution in [0.4, 0.5) is 5.69 Å². The Bertz CT molecular complexity index is 390. The number of amides is 1. The van der Waals surface area contributed by atoms with E-state index in [-0.39, 0.29) is 5.91 Å². The molecule has 17 heavy (non-hydrogen) atoms. The molecule has 0 saturated heterocycles. The number of hydrogen-bond acceptors (Lipinski definition) is 3. The molecule has 4 heteroatoms. The maximum absolute atomic E-state index is 12.3. The van der Waals surface area contributed by atoms with Crippen molar-refractivity contribution in [1.29, 1.82) is 0 Å². The molecular weight excluding hydrogens is 214 g/mol. The molecule has 1 aromatic heterocycles. The SMILES string of the molecule is CCCN(CC)C(=O)c1cnc(C)cc1NC. The molecule has 94 valence electrons. The van der Waals surface area contributed by atoms with Crippen LogP contribution in [0.1, 0.15) is 36.3 Å². The number of hydrogen-bond donors (Lipinski definition) is 1. The van der Waals surface area contributed by atoms with E-state index in [9.17, 15) is 4.79 Å². The minimum Gasteiger partial charge on any atom is -0.387 e. The summed E-state index contributed by atoms with van der Waals surface area (Å²) < 4.78 is 0. The molecule has 0 aliphatic rings. The van der Waals surface area contributed by atoms with Crippen LogP contribution in [0.5, 0.6) is 0 Å². The number of carbonyl (C=O) groups excluding carboxylic acids is 1. The van der Waals surface area contributed by atoms with Gasteiger partial charge in [-0.2, -0.15) is 0 Å². The molecule has 0 saturated carbocycles. The van der Waals surface area contributed by atoms with Gasteiger partial charge in [-0.1, -0.05) is 6.92 Å². The molecule has 1 N–H and O–H groups in total. The van der Waals surface area contributed by atoms with Crippen molar-refractivity contribution in [1.82, 2.24) is 9.88 Å². The van der Waals surface area contributed by atoms with E-state index in [0.29, 0.717) is 5.56 Å². The fraction of sp³-hybridized carbons (Fsp3) is 0.538. The van der Waals surface area contributed by atoms with Gasteiger partial charge in [0.1, 0.15) is 0 Å². The number of anilines is 1. The van der Waals surface area contributed by atoms with E-state index in [1.807, 2.05) is 31.9 Å². The van der Waals surface area contributed by atoms with Gasteiger partial charge in [0.15, 0.2) is 0 Å². The molecular formula is C13H21N3O. The van der Waals surface area contributed by atoms with E-state index in [2.05, 4.69) is 17.2 Å². The molecule has 0 bridgehead atoms. The first-order chi connectivity index (χ1) is 8.13. The van der Waals surface area contributed by atoms with E-state index < -0.39 is 0 Å². The van der Waals surface area contributed by atoms with Crippen LogP contribution in [0.2, 0.25) is 0 Å². The average molecular weight is 235 g/mol. The summed E-state index contributed by atoms with van der Waals surface area (Å²) in [5.41, 5.74) is 2.40. The number of rotatable bonds is 5. The van der Waals surface area contributed by atoms with Gasteiger partial charge in [-0.25, -0.2) is 0 Å². The zero-order chi connectivity index (χ0) is 12.8. The first-order valence-corrected chi connectivity index (χ1v) is 6.07. The monoisotopic (exact) mass is 235 g/mol. The van der Waals surface area contributed by atoms with Gasteiger partial charge in [-0.3, -0.25) is 9.78 Å². The third-order valence-corrected chi connectivity index (χ3v) is 2.70. The Morgan fingerprint density at radius 2 is 2.18 bits per heavy atom. The summed E-state index contributed by atoms with van der Waals surface area (Å²) in [7, 11) is 1.82. The lowest BCUT2D eigenvalue weighted by Crippen LogP contribution is -2.32. The Hall–Kier alpha value is -1.58. The normalized spacial score (nSPS) is 10.1. The Labute approximate surface area is 103 Å². The number of aromatic nitrogens is 1. The van der Waals surface area contributed by atoms with Gasteiger partial charge in [0.05, 0.1) is 11.3 Å². The van der Waals surface area contributed by atoms with Gasteiger partial charge in [0.25, 0.3) is 5.91 Å². The van der Waals surface area contributed by atoms with Crippen molar-refractivity contribution in [3.8, 4) is 0 Å². The van der Waals surface area contributed by atoms with Gasteiger partial charge in [0.2, 0.25) is 0 Å². The second-order valence-electron chi connectivity index (χ2n) is 4.01. The summed E-state index contributed by atoms with van der Waals surface area (Å²) in [4.78, 5) is 18.3. The molecule has 0 aliphatic heterocycles. The van der Waals surface area contributed by atoms with Crippen LogP contribution in [-0.2, 0) is 0 Å². The topological polar surface area (TPSA) is 45.2 Å². The first-order valence-electron chi connectivity index (χ1n) is 6.07. The largest absolute Gasteiger partial charge is 0.387 e. The summed E-state index contributed by atoms with van der Waals surface area (Å²) >= 11 is 0. The third kappa shape index (κ3) is 3.19. The highest BCUT2D eigenvalue weighted by atomic mass is 16.2. The van der Waals surface area contributed by atoms with Gasteiger partial charge in [-0.05, 0) is 26.3 Å². The van der Waals surface area contributed by atoms with E-state index >= 15 is 0 Å². The second kappa shape index (κ2) is 6.23. The molecule has 0 radical (unpaired) electrons. The minimum atomic E-state index is 0.0474. The Kier molecular flexibility index (Phi) is 4.94. The lowest BCUT2D eigenvalue weighted by Gasteiger charge is -2.21. The minimum absolute atomic E-state index is 0.0474. The number of nitrogens with zero attached hydrogens (tertiary/aromatic N) is 2. The Morgan fingerprint density at radius 3 is 2.71 bits per heavy atom. The van der Waals surface area contributed by atoms with Crippen molar-refractivity contribution in [2.24, 2.45) is 0 Å². The van der Waals surface area contributed by atoms with Crippen LogP contribution >= 0.6 is 0 Å². The standard InChI is InChI=1S/C13H21N3O/c1-5-7-16(6-2)13(17)11-9-15-10(3)8-12(11)14-4/h8-9H,5-7H2,1-4H3,(H,14,15). The smallest absolute Gasteiger partial charge is 0.257 e. The molecule has 0 unspecified atom stereocenters. The van der Waals surface area contributed by atoms with Gasteiger partial charge < -0.3 is 10.2 Å². The van der Waals surface area contributed by atoms with Crippen molar-refractivity contribution < 1.29 is 4.79 Å². The maximum atomic E-state index is 12.3. The Balaban J connectivity index is 3.02. The maximum Gasteiger partial charge on any atom is 0.257 e. The van der Waals surface area contributed by atoms with E-state index in [0.717, 1.165) is 30.9 Å². The number of pyridine rings is 1. The molecule has 0 atom stereocenters. The van der Waals surface area contributed by atoms with Crippen LogP contribution < -0.4 is 5.32 Å². The van der Waals surface area contributed by atoms with Crippen LogP contribution in [0.25, 0.3) is 0 Å². The zero-order valence-corrected chi connectivity index (χ0v) is 11.1. The van der Waals surface area contributed by atoms with Gasteiger partial charge in [-0.15, -0.1) is 0 Å². The van der Waals surface area contributed by atoms with Gasteiger partial charge in [0, 0.05) is 32.0 Å². The molecule has 0 aliphatic carbocycles. The summed E-state index contributed by atoms with van der Waals surface area (Å²) in [5.74, 6) is 0.0474. The number of nitrogens with one attached hydrogen (secondary N) is 1. The molecule has 1 aromatic rings. The number of aryl methyl sites for hydroxylation is 1. The second-order valence-corrected chi connectivity index (χ2v) is 4.01. The predicted molar refractivity (Wildman–Crippen MR) is 70.4 cm³/mol. The highest BCUT2D eigenvalue weighted by Crippen LogP contribution is 2.17. The zero-order valence-electron chi connectivity index (χ0n) is 11.1. The highest BCUT2D eigenvalue weighted by molar-refractivity contribution is 5.99. The van der Waals surface area contributed by atoms with Crippen molar-refractivity contribution in [2.75, 3.05) is 25.5 Å². The van der Waals surface area contributed by atoms with Crippen molar-refractivity contribution in [3.63, 3.8) is 0 Å². The fourth-order valence-corrected chi connectivity index (χ4v) is 1.78. The Morgan fingerprint density at radius 1 is 1.47 bits per heavy atom. The summed E-state index contributed by atoms with van der Waals surface area (Å²) in [5, 5.41) is 3.05. The van der Waals surface area contributed by atoms with Crippen molar-refractivity contribution in [3.05, 3.63) is 23.5 Å². The molecule has 1 amide bonds. The molecule has 0 aromatic carbocycles. The lowest BCUT2D eigenvalue weighted by molar-refractivity contribution is 0.0765. The summed E-state index contributed by atoms with van der Waals surface area (Å²) in [6.07, 6.45) is 2.62. The van der Waals surface area contributed by atoms with E-state index in [1.165, 1.54) is 0 Å². The average Bonchev–Trinajstić information content (AvgIpc) is 2.34. The fourth-order valence-electron chi connectivity index (χ4n) is 1.78.